The number of rotatable bonds is 3. The second-order valence-electron chi connectivity index (χ2n) is 6.59. The van der Waals surface area contributed by atoms with E-state index in [4.69, 9.17) is 4.52 Å². The van der Waals surface area contributed by atoms with Crippen molar-refractivity contribution < 1.29 is 12.9 Å². The number of nitrogens with zero attached hydrogens (tertiary/aromatic N) is 3. The molecular weight excluding hydrogens is 314 g/mol. The van der Waals surface area contributed by atoms with Crippen LogP contribution < -0.4 is 0 Å². The van der Waals surface area contributed by atoms with E-state index in [0.29, 0.717) is 24.8 Å². The van der Waals surface area contributed by atoms with Gasteiger partial charge in [0.15, 0.2) is 5.82 Å². The van der Waals surface area contributed by atoms with Gasteiger partial charge in [0.25, 0.3) is 5.89 Å². The Kier molecular flexibility index (Phi) is 3.32. The molecule has 0 spiro atoms. The second-order valence-corrected chi connectivity index (χ2v) is 8.57. The Morgan fingerprint density at radius 3 is 2.83 bits per heavy atom. The van der Waals surface area contributed by atoms with Crippen LogP contribution in [0.3, 0.4) is 0 Å². The first kappa shape index (κ1) is 14.8. The van der Waals surface area contributed by atoms with Gasteiger partial charge in [0.2, 0.25) is 10.0 Å². The lowest BCUT2D eigenvalue weighted by Crippen LogP contribution is -2.35. The Bertz CT molecular complexity index is 818. The third-order valence-electron chi connectivity index (χ3n) is 5.20. The van der Waals surface area contributed by atoms with Gasteiger partial charge < -0.3 is 4.52 Å². The van der Waals surface area contributed by atoms with Crippen molar-refractivity contribution in [3.63, 3.8) is 0 Å². The van der Waals surface area contributed by atoms with Crippen LogP contribution >= 0.6 is 0 Å². The molecule has 2 heterocycles. The third kappa shape index (κ3) is 2.38. The van der Waals surface area contributed by atoms with E-state index in [1.54, 1.807) is 4.31 Å². The molecule has 2 aliphatic rings. The van der Waals surface area contributed by atoms with Crippen molar-refractivity contribution in [2.45, 2.75) is 24.7 Å². The van der Waals surface area contributed by atoms with Gasteiger partial charge in [-0.15, -0.1) is 0 Å². The molecule has 2 fully saturated rings. The van der Waals surface area contributed by atoms with Crippen LogP contribution in [-0.2, 0) is 15.4 Å². The topological polar surface area (TPSA) is 76.3 Å². The molecule has 0 N–H and O–H groups in total. The van der Waals surface area contributed by atoms with Crippen LogP contribution in [0, 0.1) is 5.92 Å². The number of hydrogen-bond acceptors (Lipinski definition) is 5. The molecule has 1 saturated carbocycles. The maximum Gasteiger partial charge on any atom is 0.257 e. The smallest absolute Gasteiger partial charge is 0.257 e. The van der Waals surface area contributed by atoms with Gasteiger partial charge in [0, 0.05) is 18.7 Å². The minimum atomic E-state index is -3.19. The Labute approximate surface area is 135 Å². The molecule has 1 aromatic heterocycles. The van der Waals surface area contributed by atoms with Crippen molar-refractivity contribution in [3.8, 4) is 11.5 Å². The molecule has 1 aliphatic carbocycles. The van der Waals surface area contributed by atoms with Gasteiger partial charge in [0.05, 0.1) is 11.7 Å². The lowest BCUT2D eigenvalue weighted by molar-refractivity contribution is 0.340. The van der Waals surface area contributed by atoms with Gasteiger partial charge in [-0.3, -0.25) is 0 Å². The predicted molar refractivity (Wildman–Crippen MR) is 85.2 cm³/mol. The maximum atomic E-state index is 11.9. The van der Waals surface area contributed by atoms with Gasteiger partial charge in [-0.05, 0) is 30.9 Å². The quantitative estimate of drug-likeness (QED) is 0.859. The van der Waals surface area contributed by atoms with Crippen molar-refractivity contribution >= 4 is 10.0 Å². The largest absolute Gasteiger partial charge is 0.334 e. The number of benzene rings is 1. The van der Waals surface area contributed by atoms with Crippen molar-refractivity contribution in [1.82, 2.24) is 14.4 Å². The minimum absolute atomic E-state index is 0.276. The molecule has 122 valence electrons. The van der Waals surface area contributed by atoms with Gasteiger partial charge in [0.1, 0.15) is 0 Å². The van der Waals surface area contributed by atoms with Crippen molar-refractivity contribution in [3.05, 3.63) is 36.2 Å². The van der Waals surface area contributed by atoms with Crippen LogP contribution in [0.1, 0.15) is 25.1 Å². The van der Waals surface area contributed by atoms with Crippen molar-refractivity contribution in [2.75, 3.05) is 19.3 Å². The summed E-state index contributed by atoms with van der Waals surface area (Å²) in [5.41, 5.74) is 0.592. The standard InChI is InChI=1S/C16H19N3O3S/c1-23(20,21)19-10-13-8-5-9-16(13,11-19)15-17-14(22-18-15)12-6-3-2-4-7-12/h2-4,6-7,13H,5,8-11H2,1H3/t13-,16-/m1/s1. The normalized spacial score (nSPS) is 28.1. The molecule has 2 aromatic rings. The van der Waals surface area contributed by atoms with Crippen LogP contribution in [0.2, 0.25) is 0 Å². The Morgan fingerprint density at radius 2 is 2.09 bits per heavy atom. The highest BCUT2D eigenvalue weighted by Crippen LogP contribution is 2.50. The summed E-state index contributed by atoms with van der Waals surface area (Å²) in [4.78, 5) is 4.61. The average Bonchev–Trinajstić information content (AvgIpc) is 3.20. The molecule has 0 unspecified atom stereocenters. The second kappa shape index (κ2) is 5.14. The number of fused-ring (bicyclic) bond motifs is 1. The SMILES string of the molecule is CS(=O)(=O)N1C[C@H]2CCC[C@@]2(c2noc(-c3ccccc3)n2)C1. The Morgan fingerprint density at radius 1 is 1.30 bits per heavy atom. The fourth-order valence-corrected chi connectivity index (χ4v) is 4.90. The number of hydrogen-bond donors (Lipinski definition) is 0. The molecule has 4 rings (SSSR count). The van der Waals surface area contributed by atoms with Gasteiger partial charge in [-0.1, -0.05) is 29.8 Å². The minimum Gasteiger partial charge on any atom is -0.334 e. The number of aromatic nitrogens is 2. The Balaban J connectivity index is 1.71. The fraction of sp³-hybridized carbons (Fsp3) is 0.500. The molecule has 1 aromatic carbocycles. The van der Waals surface area contributed by atoms with Gasteiger partial charge in [-0.2, -0.15) is 4.98 Å². The first-order chi connectivity index (χ1) is 11.0. The van der Waals surface area contributed by atoms with Crippen LogP contribution in [0.15, 0.2) is 34.9 Å². The molecular formula is C16H19N3O3S. The van der Waals surface area contributed by atoms with Crippen molar-refractivity contribution in [1.29, 1.82) is 0 Å². The zero-order chi connectivity index (χ0) is 16.1. The predicted octanol–water partition coefficient (Wildman–Crippen LogP) is 2.05. The van der Waals surface area contributed by atoms with Crippen LogP contribution in [0.4, 0.5) is 0 Å². The van der Waals surface area contributed by atoms with E-state index in [0.717, 1.165) is 24.8 Å². The first-order valence-corrected chi connectivity index (χ1v) is 9.69. The molecule has 23 heavy (non-hydrogen) atoms. The highest BCUT2D eigenvalue weighted by atomic mass is 32.2. The van der Waals surface area contributed by atoms with Gasteiger partial charge in [-0.25, -0.2) is 12.7 Å². The van der Waals surface area contributed by atoms with E-state index in [2.05, 4.69) is 10.1 Å². The average molecular weight is 333 g/mol. The summed E-state index contributed by atoms with van der Waals surface area (Å²) in [6, 6.07) is 9.65. The molecule has 0 amide bonds. The molecule has 0 bridgehead atoms. The van der Waals surface area contributed by atoms with E-state index in [9.17, 15) is 8.42 Å². The highest BCUT2D eigenvalue weighted by Gasteiger charge is 2.55. The highest BCUT2D eigenvalue weighted by molar-refractivity contribution is 7.88. The van der Waals surface area contributed by atoms with E-state index < -0.39 is 10.0 Å². The van der Waals surface area contributed by atoms with Gasteiger partial charge >= 0.3 is 0 Å². The maximum absolute atomic E-state index is 11.9. The molecule has 6 nitrogen and oxygen atoms in total. The molecule has 0 radical (unpaired) electrons. The van der Waals surface area contributed by atoms with E-state index >= 15 is 0 Å². The molecule has 1 saturated heterocycles. The lowest BCUT2D eigenvalue weighted by atomic mass is 9.80. The fourth-order valence-electron chi connectivity index (χ4n) is 3.99. The summed E-state index contributed by atoms with van der Waals surface area (Å²) >= 11 is 0. The van der Waals surface area contributed by atoms with Crippen LogP contribution in [-0.4, -0.2) is 42.2 Å². The van der Waals surface area contributed by atoms with E-state index in [-0.39, 0.29) is 11.3 Å². The van der Waals surface area contributed by atoms with E-state index in [1.807, 2.05) is 30.3 Å². The monoisotopic (exact) mass is 333 g/mol. The zero-order valence-electron chi connectivity index (χ0n) is 13.0. The summed E-state index contributed by atoms with van der Waals surface area (Å²) in [7, 11) is -3.19. The Hall–Kier alpha value is -1.73. The summed E-state index contributed by atoms with van der Waals surface area (Å²) in [5.74, 6) is 1.43. The van der Waals surface area contributed by atoms with E-state index in [1.165, 1.54) is 6.26 Å². The first-order valence-electron chi connectivity index (χ1n) is 7.84. The zero-order valence-corrected chi connectivity index (χ0v) is 13.8. The summed E-state index contributed by atoms with van der Waals surface area (Å²) in [6.07, 6.45) is 4.28. The summed E-state index contributed by atoms with van der Waals surface area (Å²) < 4.78 is 30.9. The number of sulfonamides is 1. The molecule has 2 atom stereocenters. The van der Waals surface area contributed by atoms with Crippen LogP contribution in [0.5, 0.6) is 0 Å². The molecule has 1 aliphatic heterocycles. The summed E-state index contributed by atoms with van der Waals surface area (Å²) in [5, 5.41) is 4.22. The molecule has 7 heteroatoms. The lowest BCUT2D eigenvalue weighted by Gasteiger charge is -2.24. The third-order valence-corrected chi connectivity index (χ3v) is 6.42. The van der Waals surface area contributed by atoms with Crippen molar-refractivity contribution in [2.24, 2.45) is 5.92 Å². The van der Waals surface area contributed by atoms with Crippen LogP contribution in [0.25, 0.3) is 11.5 Å². The summed E-state index contributed by atoms with van der Waals surface area (Å²) in [6.45, 7) is 1.03.